The average molecular weight is 610 g/mol. The van der Waals surface area contributed by atoms with Crippen LogP contribution in [0, 0.1) is 12.7 Å². The number of alkyl halides is 1. The number of nitrogens with one attached hydrogen (secondary N) is 1. The molecule has 6 rings (SSSR count). The molecule has 236 valence electrons. The highest BCUT2D eigenvalue weighted by Crippen LogP contribution is 2.38. The molecule has 0 bridgehead atoms. The Morgan fingerprint density at radius 1 is 1.14 bits per heavy atom. The Balaban J connectivity index is 1.38. The highest BCUT2D eigenvalue weighted by atomic mass is 19.1. The molecule has 3 atom stereocenters. The minimum absolute atomic E-state index is 0.126. The van der Waals surface area contributed by atoms with Gasteiger partial charge < -0.3 is 24.1 Å². The van der Waals surface area contributed by atoms with Gasteiger partial charge in [-0.05, 0) is 78.5 Å². The number of benzene rings is 1. The second-order valence-electron chi connectivity index (χ2n) is 13.1. The summed E-state index contributed by atoms with van der Waals surface area (Å²) in [7, 11) is 0. The standard InChI is InChI=1S/C32H41F2N7O3/c1-19-15-39-18-23(12-25(34)30(39)35-19)36-29-28-22(14-33)11-24(13-26(28)41(37-29)27-9-7-8-10-43-27)38-16-20(2)40(21(3)17-38)31(42)44-32(4,5)6/h11-13,15,18,20-21,27H,7-10,14,16-17H2,1-6H3,(H,36,37)/t20-,21-,27?/m0/s1. The molecular weight excluding hydrogens is 568 g/mol. The molecular formula is C32H41F2N7O3. The molecule has 44 heavy (non-hydrogen) atoms. The number of hydrogen-bond donors (Lipinski definition) is 1. The second-order valence-corrected chi connectivity index (χ2v) is 13.1. The summed E-state index contributed by atoms with van der Waals surface area (Å²) in [6.07, 6.45) is 5.61. The lowest BCUT2D eigenvalue weighted by molar-refractivity contribution is -0.0365. The second kappa shape index (κ2) is 11.5. The van der Waals surface area contributed by atoms with Crippen LogP contribution < -0.4 is 10.2 Å². The number of imidazole rings is 1. The van der Waals surface area contributed by atoms with E-state index < -0.39 is 18.1 Å². The Morgan fingerprint density at radius 3 is 2.55 bits per heavy atom. The van der Waals surface area contributed by atoms with Crippen LogP contribution >= 0.6 is 0 Å². The number of anilines is 3. The number of halogens is 2. The maximum Gasteiger partial charge on any atom is 0.410 e. The monoisotopic (exact) mass is 609 g/mol. The number of fused-ring (bicyclic) bond motifs is 2. The summed E-state index contributed by atoms with van der Waals surface area (Å²) < 4.78 is 45.1. The van der Waals surface area contributed by atoms with Crippen LogP contribution in [0.3, 0.4) is 0 Å². The number of rotatable bonds is 5. The highest BCUT2D eigenvalue weighted by molar-refractivity contribution is 5.97. The van der Waals surface area contributed by atoms with Crippen molar-refractivity contribution in [1.82, 2.24) is 24.1 Å². The lowest BCUT2D eigenvalue weighted by Gasteiger charge is -2.45. The maximum atomic E-state index is 14.9. The van der Waals surface area contributed by atoms with Gasteiger partial charge in [-0.25, -0.2) is 23.2 Å². The van der Waals surface area contributed by atoms with Gasteiger partial charge >= 0.3 is 6.09 Å². The number of amides is 1. The van der Waals surface area contributed by atoms with Crippen molar-refractivity contribution in [3.8, 4) is 0 Å². The molecule has 0 aliphatic carbocycles. The molecule has 2 aliphatic heterocycles. The van der Waals surface area contributed by atoms with Gasteiger partial charge in [-0.1, -0.05) is 0 Å². The molecule has 4 aromatic rings. The van der Waals surface area contributed by atoms with E-state index in [-0.39, 0.29) is 30.1 Å². The maximum absolute atomic E-state index is 14.9. The smallest absolute Gasteiger partial charge is 0.410 e. The molecule has 0 spiro atoms. The summed E-state index contributed by atoms with van der Waals surface area (Å²) in [4.78, 5) is 21.2. The van der Waals surface area contributed by atoms with Gasteiger partial charge in [0.05, 0.1) is 34.4 Å². The zero-order chi connectivity index (χ0) is 31.3. The van der Waals surface area contributed by atoms with E-state index in [1.165, 1.54) is 6.07 Å². The molecule has 1 aromatic carbocycles. The van der Waals surface area contributed by atoms with Crippen molar-refractivity contribution in [3.63, 3.8) is 0 Å². The van der Waals surface area contributed by atoms with Gasteiger partial charge in [0, 0.05) is 43.8 Å². The average Bonchev–Trinajstić information content (AvgIpc) is 3.51. The molecule has 10 nitrogen and oxygen atoms in total. The van der Waals surface area contributed by atoms with Gasteiger partial charge in [-0.15, -0.1) is 0 Å². The molecule has 1 amide bonds. The number of carbonyl (C=O) groups excluding carboxylic acids is 1. The first-order chi connectivity index (χ1) is 20.9. The van der Waals surface area contributed by atoms with Crippen LogP contribution in [0.4, 0.5) is 30.8 Å². The van der Waals surface area contributed by atoms with Crippen molar-refractivity contribution >= 4 is 39.8 Å². The predicted octanol–water partition coefficient (Wildman–Crippen LogP) is 6.88. The van der Waals surface area contributed by atoms with Gasteiger partial charge in [0.15, 0.2) is 23.5 Å². The fourth-order valence-electron chi connectivity index (χ4n) is 6.44. The summed E-state index contributed by atoms with van der Waals surface area (Å²) in [5.41, 5.74) is 2.87. The topological polar surface area (TPSA) is 89.2 Å². The van der Waals surface area contributed by atoms with E-state index in [0.717, 1.165) is 30.5 Å². The first kappa shape index (κ1) is 30.1. The van der Waals surface area contributed by atoms with E-state index in [9.17, 15) is 13.6 Å². The molecule has 2 saturated heterocycles. The lowest BCUT2D eigenvalue weighted by atomic mass is 10.0. The minimum atomic E-state index is -0.715. The molecule has 0 saturated carbocycles. The summed E-state index contributed by atoms with van der Waals surface area (Å²) in [5, 5.41) is 8.78. The van der Waals surface area contributed by atoms with Crippen molar-refractivity contribution in [2.24, 2.45) is 0 Å². The van der Waals surface area contributed by atoms with Crippen LogP contribution in [-0.4, -0.2) is 67.5 Å². The van der Waals surface area contributed by atoms with Gasteiger partial charge in [-0.3, -0.25) is 4.90 Å². The number of ether oxygens (including phenoxy) is 2. The first-order valence-corrected chi connectivity index (χ1v) is 15.3. The quantitative estimate of drug-likeness (QED) is 0.264. The van der Waals surface area contributed by atoms with Crippen LogP contribution in [0.5, 0.6) is 0 Å². The van der Waals surface area contributed by atoms with Gasteiger partial charge in [-0.2, -0.15) is 5.10 Å². The Kier molecular flexibility index (Phi) is 7.89. The molecule has 0 radical (unpaired) electrons. The molecule has 1 N–H and O–H groups in total. The van der Waals surface area contributed by atoms with Crippen molar-refractivity contribution in [2.75, 3.05) is 29.9 Å². The number of carbonyl (C=O) groups is 1. The van der Waals surface area contributed by atoms with Crippen molar-refractivity contribution in [2.45, 2.75) is 91.4 Å². The number of aryl methyl sites for hydroxylation is 1. The third-order valence-electron chi connectivity index (χ3n) is 8.23. The summed E-state index contributed by atoms with van der Waals surface area (Å²) in [6, 6.07) is 5.00. The molecule has 2 aliphatic rings. The molecule has 12 heteroatoms. The van der Waals surface area contributed by atoms with Crippen LogP contribution in [-0.2, 0) is 16.1 Å². The van der Waals surface area contributed by atoms with Crippen molar-refractivity contribution in [1.29, 1.82) is 0 Å². The lowest BCUT2D eigenvalue weighted by Crippen LogP contribution is -2.59. The molecule has 5 heterocycles. The van der Waals surface area contributed by atoms with Crippen LogP contribution in [0.15, 0.2) is 30.6 Å². The van der Waals surface area contributed by atoms with E-state index in [0.29, 0.717) is 47.8 Å². The summed E-state index contributed by atoms with van der Waals surface area (Å²) >= 11 is 0. The van der Waals surface area contributed by atoms with Crippen LogP contribution in [0.1, 0.15) is 71.4 Å². The third kappa shape index (κ3) is 5.79. The zero-order valence-electron chi connectivity index (χ0n) is 26.2. The fraction of sp³-hybridized carbons (Fsp3) is 0.531. The van der Waals surface area contributed by atoms with Gasteiger partial charge in [0.1, 0.15) is 12.3 Å². The molecule has 3 aromatic heterocycles. The Morgan fingerprint density at radius 2 is 1.89 bits per heavy atom. The van der Waals surface area contributed by atoms with E-state index in [1.807, 2.05) is 58.4 Å². The van der Waals surface area contributed by atoms with E-state index in [4.69, 9.17) is 14.6 Å². The Hall–Kier alpha value is -3.93. The van der Waals surface area contributed by atoms with Crippen LogP contribution in [0.2, 0.25) is 0 Å². The predicted molar refractivity (Wildman–Crippen MR) is 166 cm³/mol. The van der Waals surface area contributed by atoms with Gasteiger partial charge in [0.2, 0.25) is 0 Å². The highest BCUT2D eigenvalue weighted by Gasteiger charge is 2.36. The first-order valence-electron chi connectivity index (χ1n) is 15.3. The number of piperazine rings is 1. The SMILES string of the molecule is Cc1cn2cc(Nc3nn(C4CCCCO4)c4cc(N5C[C@H](C)N(C(=O)OC(C)(C)C)[C@@H](C)C5)cc(CF)c34)cc(F)c2n1. The normalized spacial score (nSPS) is 21.3. The Labute approximate surface area is 255 Å². The third-order valence-corrected chi connectivity index (χ3v) is 8.23. The summed E-state index contributed by atoms with van der Waals surface area (Å²) in [6.45, 7) is 12.4. The van der Waals surface area contributed by atoms with E-state index >= 15 is 0 Å². The van der Waals surface area contributed by atoms with E-state index in [2.05, 4.69) is 15.2 Å². The number of aromatic nitrogens is 4. The van der Waals surface area contributed by atoms with Crippen LogP contribution in [0.25, 0.3) is 16.6 Å². The fourth-order valence-corrected chi connectivity index (χ4v) is 6.44. The minimum Gasteiger partial charge on any atom is -0.444 e. The Bertz CT molecular complexity index is 1680. The van der Waals surface area contributed by atoms with Crippen molar-refractivity contribution in [3.05, 3.63) is 47.7 Å². The number of pyridine rings is 1. The van der Waals surface area contributed by atoms with Gasteiger partial charge in [0.25, 0.3) is 0 Å². The largest absolute Gasteiger partial charge is 0.444 e. The van der Waals surface area contributed by atoms with E-state index in [1.54, 1.807) is 21.7 Å². The molecule has 1 unspecified atom stereocenters. The molecule has 2 fully saturated rings. The number of nitrogens with zero attached hydrogens (tertiary/aromatic N) is 6. The number of hydrogen-bond acceptors (Lipinski definition) is 7. The zero-order valence-corrected chi connectivity index (χ0v) is 26.2. The van der Waals surface area contributed by atoms with Crippen molar-refractivity contribution < 1.29 is 23.0 Å². The summed E-state index contributed by atoms with van der Waals surface area (Å²) in [5.74, 6) is -0.0374.